The van der Waals surface area contributed by atoms with Gasteiger partial charge in [-0.3, -0.25) is 9.59 Å². The lowest BCUT2D eigenvalue weighted by Gasteiger charge is -2.14. The van der Waals surface area contributed by atoms with Crippen LogP contribution >= 0.6 is 15.9 Å². The van der Waals surface area contributed by atoms with Crippen LogP contribution in [0.2, 0.25) is 0 Å². The van der Waals surface area contributed by atoms with Gasteiger partial charge < -0.3 is 20.8 Å². The highest BCUT2D eigenvalue weighted by molar-refractivity contribution is 9.10. The van der Waals surface area contributed by atoms with Crippen LogP contribution in [-0.4, -0.2) is 41.3 Å². The summed E-state index contributed by atoms with van der Waals surface area (Å²) in [5.41, 5.74) is 0.594. The lowest BCUT2D eigenvalue weighted by atomic mass is 10.2. The maximum Gasteiger partial charge on any atom is 0.321 e. The maximum atomic E-state index is 11.8. The fourth-order valence-electron chi connectivity index (χ4n) is 1.55. The smallest absolute Gasteiger partial charge is 0.321 e. The molecule has 0 bridgehead atoms. The van der Waals surface area contributed by atoms with Crippen molar-refractivity contribution < 1.29 is 19.8 Å². The molecule has 1 rings (SSSR count). The van der Waals surface area contributed by atoms with Gasteiger partial charge in [0, 0.05) is 11.1 Å². The number of aliphatic hydroxyl groups is 1. The third kappa shape index (κ3) is 5.68. The Balaban J connectivity index is 2.54. The van der Waals surface area contributed by atoms with Gasteiger partial charge in [-0.15, -0.1) is 0 Å². The summed E-state index contributed by atoms with van der Waals surface area (Å²) >= 11 is 3.30. The number of hydrogen-bond donors (Lipinski definition) is 4. The van der Waals surface area contributed by atoms with Gasteiger partial charge in [-0.2, -0.15) is 0 Å². The number of aliphatic carboxylic acids is 1. The Morgan fingerprint density at radius 3 is 2.60 bits per heavy atom. The normalized spacial score (nSPS) is 11.9. The number of aliphatic hydroxyl groups excluding tert-OH is 1. The second-order valence-corrected chi connectivity index (χ2v) is 5.01. The van der Waals surface area contributed by atoms with Crippen molar-refractivity contribution in [3.63, 3.8) is 0 Å². The molecule has 0 aromatic heterocycles. The number of benzene rings is 1. The van der Waals surface area contributed by atoms with Crippen LogP contribution in [-0.2, 0) is 9.59 Å². The van der Waals surface area contributed by atoms with E-state index in [9.17, 15) is 9.59 Å². The van der Waals surface area contributed by atoms with Crippen molar-refractivity contribution in [2.24, 2.45) is 0 Å². The van der Waals surface area contributed by atoms with Crippen LogP contribution in [0, 0.1) is 0 Å². The zero-order chi connectivity index (χ0) is 15.0. The van der Waals surface area contributed by atoms with Crippen LogP contribution in [0.25, 0.3) is 0 Å². The van der Waals surface area contributed by atoms with Gasteiger partial charge in [-0.25, -0.2) is 0 Å². The number of amides is 1. The van der Waals surface area contributed by atoms with Crippen LogP contribution in [0.3, 0.4) is 0 Å². The number of carbonyl (C=O) groups is 2. The number of carboxylic acid groups (broad SMARTS) is 1. The van der Waals surface area contributed by atoms with Crippen molar-refractivity contribution in [1.29, 1.82) is 0 Å². The van der Waals surface area contributed by atoms with E-state index in [0.717, 1.165) is 4.47 Å². The molecule has 0 aliphatic heterocycles. The fourth-order valence-corrected chi connectivity index (χ4v) is 1.94. The summed E-state index contributed by atoms with van der Waals surface area (Å²) < 4.78 is 0.730. The molecule has 0 fully saturated rings. The quantitative estimate of drug-likeness (QED) is 0.531. The van der Waals surface area contributed by atoms with Crippen molar-refractivity contribution in [1.82, 2.24) is 5.32 Å². The predicted octanol–water partition coefficient (Wildman–Crippen LogP) is 1.20. The number of carbonyl (C=O) groups excluding carboxylic acids is 1. The highest BCUT2D eigenvalue weighted by atomic mass is 79.9. The topological polar surface area (TPSA) is 98.7 Å². The van der Waals surface area contributed by atoms with Gasteiger partial charge in [0.05, 0.1) is 12.1 Å². The predicted molar refractivity (Wildman–Crippen MR) is 78.5 cm³/mol. The summed E-state index contributed by atoms with van der Waals surface area (Å²) in [6, 6.07) is 6.12. The van der Waals surface area contributed by atoms with Crippen LogP contribution in [0.5, 0.6) is 0 Å². The van der Waals surface area contributed by atoms with Gasteiger partial charge in [0.25, 0.3) is 0 Å². The van der Waals surface area contributed by atoms with Crippen molar-refractivity contribution in [2.45, 2.75) is 18.9 Å². The molecule has 4 N–H and O–H groups in total. The third-order valence-corrected chi connectivity index (χ3v) is 3.25. The minimum atomic E-state index is -1.09. The second kappa shape index (κ2) is 8.68. The first-order valence-electron chi connectivity index (χ1n) is 6.16. The number of carboxylic acids is 1. The molecule has 110 valence electrons. The lowest BCUT2D eigenvalue weighted by Crippen LogP contribution is -2.40. The lowest BCUT2D eigenvalue weighted by molar-refractivity contribution is -0.141. The number of anilines is 1. The van der Waals surface area contributed by atoms with E-state index >= 15 is 0 Å². The fraction of sp³-hybridized carbons (Fsp3) is 0.385. The largest absolute Gasteiger partial charge is 0.480 e. The number of halogens is 1. The molecule has 0 radical (unpaired) electrons. The Morgan fingerprint density at radius 2 is 2.00 bits per heavy atom. The maximum absolute atomic E-state index is 11.8. The molecule has 1 unspecified atom stereocenters. The minimum absolute atomic E-state index is 0.0253. The average molecular weight is 345 g/mol. The molecule has 0 aliphatic carbocycles. The molecule has 0 saturated carbocycles. The summed E-state index contributed by atoms with van der Waals surface area (Å²) in [6.45, 7) is 0.318. The first-order valence-corrected chi connectivity index (χ1v) is 6.95. The number of para-hydroxylation sites is 1. The molecule has 1 amide bonds. The number of nitrogens with one attached hydrogen (secondary N) is 2. The Bertz CT molecular complexity index is 467. The zero-order valence-corrected chi connectivity index (χ0v) is 12.4. The van der Waals surface area contributed by atoms with Crippen molar-refractivity contribution in [3.05, 3.63) is 28.7 Å². The van der Waals surface area contributed by atoms with E-state index in [2.05, 4.69) is 26.6 Å². The standard InChI is InChI=1S/C13H17BrN2O4/c14-9-4-1-2-5-10(9)16-12(18)8-11(13(19)20)15-6-3-7-17/h1-2,4-5,11,15,17H,3,6-8H2,(H,16,18)(H,19,20). The van der Waals surface area contributed by atoms with Crippen molar-refractivity contribution in [2.75, 3.05) is 18.5 Å². The first-order chi connectivity index (χ1) is 9.54. The van der Waals surface area contributed by atoms with Gasteiger partial charge in [0.15, 0.2) is 0 Å². The summed E-state index contributed by atoms with van der Waals surface area (Å²) in [6.07, 6.45) is 0.262. The van der Waals surface area contributed by atoms with E-state index in [-0.39, 0.29) is 18.9 Å². The van der Waals surface area contributed by atoms with Gasteiger partial charge >= 0.3 is 5.97 Å². The van der Waals surface area contributed by atoms with E-state index in [1.165, 1.54) is 0 Å². The van der Waals surface area contributed by atoms with Crippen molar-refractivity contribution >= 4 is 33.5 Å². The van der Waals surface area contributed by atoms with Gasteiger partial charge in [-0.1, -0.05) is 12.1 Å². The van der Waals surface area contributed by atoms with E-state index < -0.39 is 12.0 Å². The highest BCUT2D eigenvalue weighted by Crippen LogP contribution is 2.21. The molecule has 6 nitrogen and oxygen atoms in total. The summed E-state index contributed by atoms with van der Waals surface area (Å²) in [7, 11) is 0. The summed E-state index contributed by atoms with van der Waals surface area (Å²) in [5, 5.41) is 23.0. The Labute approximate surface area is 125 Å². The zero-order valence-electron chi connectivity index (χ0n) is 10.8. The molecule has 0 aliphatic rings. The highest BCUT2D eigenvalue weighted by Gasteiger charge is 2.20. The Morgan fingerprint density at radius 1 is 1.30 bits per heavy atom. The number of hydrogen-bond acceptors (Lipinski definition) is 4. The molecular formula is C13H17BrN2O4. The molecule has 0 saturated heterocycles. The Hall–Kier alpha value is -1.44. The molecule has 7 heteroatoms. The van der Waals surface area contributed by atoms with Crippen LogP contribution < -0.4 is 10.6 Å². The summed E-state index contributed by atoms with van der Waals surface area (Å²) in [5.74, 6) is -1.48. The van der Waals surface area contributed by atoms with Crippen molar-refractivity contribution in [3.8, 4) is 0 Å². The van der Waals surface area contributed by atoms with Crippen LogP contribution in [0.4, 0.5) is 5.69 Å². The van der Waals surface area contributed by atoms with Crippen LogP contribution in [0.15, 0.2) is 28.7 Å². The third-order valence-electron chi connectivity index (χ3n) is 2.56. The molecule has 0 heterocycles. The monoisotopic (exact) mass is 344 g/mol. The number of rotatable bonds is 8. The van der Waals surface area contributed by atoms with Gasteiger partial charge in [-0.05, 0) is 41.0 Å². The molecule has 1 aromatic rings. The molecule has 20 heavy (non-hydrogen) atoms. The first kappa shape index (κ1) is 16.6. The van der Waals surface area contributed by atoms with E-state index in [4.69, 9.17) is 10.2 Å². The summed E-state index contributed by atoms with van der Waals surface area (Å²) in [4.78, 5) is 22.9. The molecule has 1 aromatic carbocycles. The van der Waals surface area contributed by atoms with E-state index in [1.54, 1.807) is 18.2 Å². The average Bonchev–Trinajstić information content (AvgIpc) is 2.40. The molecule has 1 atom stereocenters. The Kier molecular flexibility index (Phi) is 7.21. The SMILES string of the molecule is O=C(CC(NCCCO)C(=O)O)Nc1ccccc1Br. The second-order valence-electron chi connectivity index (χ2n) is 4.15. The van der Waals surface area contributed by atoms with Gasteiger partial charge in [0.1, 0.15) is 6.04 Å². The minimum Gasteiger partial charge on any atom is -0.480 e. The van der Waals surface area contributed by atoms with Gasteiger partial charge in [0.2, 0.25) is 5.91 Å². The molecule has 0 spiro atoms. The van der Waals surface area contributed by atoms with E-state index in [0.29, 0.717) is 18.7 Å². The van der Waals surface area contributed by atoms with E-state index in [1.807, 2.05) is 6.07 Å². The van der Waals surface area contributed by atoms with Crippen LogP contribution in [0.1, 0.15) is 12.8 Å². The molecular weight excluding hydrogens is 328 g/mol.